The Kier molecular flexibility index (Phi) is 7.30. The zero-order valence-electron chi connectivity index (χ0n) is 31.9. The topological polar surface area (TPSA) is 13.1 Å². The van der Waals surface area contributed by atoms with Crippen molar-refractivity contribution in [3.8, 4) is 22.3 Å². The fourth-order valence-electron chi connectivity index (χ4n) is 10.2. The molecule has 0 saturated carbocycles. The molecule has 276 valence electrons. The highest BCUT2D eigenvalue weighted by Gasteiger charge is 2.36. The molecule has 0 spiro atoms. The number of thiophene rings is 1. The van der Waals surface area contributed by atoms with Gasteiger partial charge < -0.3 is 4.42 Å². The molecule has 2 unspecified atom stereocenters. The van der Waals surface area contributed by atoms with Gasteiger partial charge in [-0.05, 0) is 96.2 Å². The number of benzene rings is 10. The van der Waals surface area contributed by atoms with Crippen molar-refractivity contribution < 1.29 is 4.42 Å². The van der Waals surface area contributed by atoms with E-state index >= 15 is 0 Å². The summed E-state index contributed by atoms with van der Waals surface area (Å²) in [6.07, 6.45) is 0. The van der Waals surface area contributed by atoms with Gasteiger partial charge in [0, 0.05) is 52.4 Å². The predicted molar refractivity (Wildman–Crippen MR) is 253 cm³/mol. The van der Waals surface area contributed by atoms with Crippen LogP contribution in [0.2, 0.25) is 0 Å². The second kappa shape index (κ2) is 12.9. The monoisotopic (exact) mass is 786 g/mol. The fourth-order valence-corrected chi connectivity index (χ4v) is 12.9. The molecular weight excluding hydrogens is 753 g/mol. The Morgan fingerprint density at radius 1 is 0.407 bits per heavy atom. The van der Waals surface area contributed by atoms with E-state index in [2.05, 4.69) is 194 Å². The lowest BCUT2D eigenvalue weighted by Crippen LogP contribution is -2.05. The third-order valence-corrected chi connectivity index (χ3v) is 15.2. The van der Waals surface area contributed by atoms with E-state index in [1.807, 2.05) is 23.1 Å². The minimum absolute atomic E-state index is 0.255. The Morgan fingerprint density at radius 2 is 1.00 bits per heavy atom. The molecule has 3 heterocycles. The highest BCUT2D eigenvalue weighted by Crippen LogP contribution is 2.59. The molecule has 0 bridgehead atoms. The first-order chi connectivity index (χ1) is 29.3. The average molecular weight is 787 g/mol. The van der Waals surface area contributed by atoms with Gasteiger partial charge in [0.2, 0.25) is 0 Å². The molecular formula is C56H34OS2. The van der Waals surface area contributed by atoms with Crippen LogP contribution in [0, 0.1) is 0 Å². The summed E-state index contributed by atoms with van der Waals surface area (Å²) in [5.41, 5.74) is 11.0. The first-order valence-electron chi connectivity index (χ1n) is 20.3. The van der Waals surface area contributed by atoms with Crippen molar-refractivity contribution >= 4 is 97.5 Å². The van der Waals surface area contributed by atoms with Gasteiger partial charge in [0.15, 0.2) is 0 Å². The predicted octanol–water partition coefficient (Wildman–Crippen LogP) is 16.7. The number of hydrogen-bond acceptors (Lipinski definition) is 3. The number of rotatable bonds is 4. The summed E-state index contributed by atoms with van der Waals surface area (Å²) in [6.45, 7) is 0. The van der Waals surface area contributed by atoms with E-state index in [1.54, 1.807) is 0 Å². The Balaban J connectivity index is 1.08. The smallest absolute Gasteiger partial charge is 0.143 e. The SMILES string of the molecule is c1ccc(C2Sc3cc4sc5cccc(-c6c7ccccc7c(-c7cccc8oc9c%10ccccc%10ccc9c78)c7ccccc67)c5c4cc3C2c2ccccc2)cc1. The number of fused-ring (bicyclic) bond motifs is 11. The van der Waals surface area contributed by atoms with E-state index in [0.717, 1.165) is 27.3 Å². The van der Waals surface area contributed by atoms with Crippen molar-refractivity contribution in [2.45, 2.75) is 16.1 Å². The van der Waals surface area contributed by atoms with Gasteiger partial charge in [-0.25, -0.2) is 0 Å². The van der Waals surface area contributed by atoms with E-state index in [-0.39, 0.29) is 5.92 Å². The van der Waals surface area contributed by atoms with Crippen LogP contribution in [-0.2, 0) is 0 Å². The molecule has 12 aromatic rings. The summed E-state index contributed by atoms with van der Waals surface area (Å²) >= 11 is 3.94. The van der Waals surface area contributed by atoms with Crippen LogP contribution in [0.5, 0.6) is 0 Å². The fraction of sp³-hybridized carbons (Fsp3) is 0.0357. The van der Waals surface area contributed by atoms with Crippen LogP contribution in [0.3, 0.4) is 0 Å². The van der Waals surface area contributed by atoms with E-state index in [1.165, 1.54) is 90.9 Å². The lowest BCUT2D eigenvalue weighted by molar-refractivity contribution is 0.673. The van der Waals surface area contributed by atoms with Gasteiger partial charge in [-0.15, -0.1) is 23.1 Å². The van der Waals surface area contributed by atoms with Gasteiger partial charge in [0.1, 0.15) is 11.2 Å². The summed E-state index contributed by atoms with van der Waals surface area (Å²) in [6, 6.07) is 71.8. The summed E-state index contributed by atoms with van der Waals surface area (Å²) < 4.78 is 9.39. The molecule has 0 radical (unpaired) electrons. The van der Waals surface area contributed by atoms with Gasteiger partial charge in [-0.1, -0.05) is 164 Å². The highest BCUT2D eigenvalue weighted by atomic mass is 32.2. The molecule has 1 aliphatic rings. The van der Waals surface area contributed by atoms with Crippen molar-refractivity contribution in [2.75, 3.05) is 0 Å². The van der Waals surface area contributed by atoms with Crippen molar-refractivity contribution in [3.63, 3.8) is 0 Å². The zero-order chi connectivity index (χ0) is 38.6. The summed E-state index contributed by atoms with van der Waals surface area (Å²) in [5.74, 6) is 0.255. The van der Waals surface area contributed by atoms with Crippen LogP contribution in [-0.4, -0.2) is 0 Å². The van der Waals surface area contributed by atoms with Crippen molar-refractivity contribution in [1.82, 2.24) is 0 Å². The van der Waals surface area contributed by atoms with E-state index in [4.69, 9.17) is 4.42 Å². The first-order valence-corrected chi connectivity index (χ1v) is 22.0. The first kappa shape index (κ1) is 33.3. The Labute approximate surface area is 349 Å². The molecule has 2 aromatic heterocycles. The number of hydrogen-bond donors (Lipinski definition) is 0. The van der Waals surface area contributed by atoms with Crippen LogP contribution in [0.25, 0.3) is 96.7 Å². The van der Waals surface area contributed by atoms with Crippen LogP contribution >= 0.6 is 23.1 Å². The van der Waals surface area contributed by atoms with Gasteiger partial charge in [0.05, 0.1) is 0 Å². The molecule has 1 nitrogen and oxygen atoms in total. The summed E-state index contributed by atoms with van der Waals surface area (Å²) in [4.78, 5) is 1.39. The highest BCUT2D eigenvalue weighted by molar-refractivity contribution is 8.00. The minimum atomic E-state index is 0.255. The minimum Gasteiger partial charge on any atom is -0.455 e. The third kappa shape index (κ3) is 4.93. The second-order valence-corrected chi connectivity index (χ2v) is 18.1. The van der Waals surface area contributed by atoms with Crippen LogP contribution < -0.4 is 0 Å². The number of furan rings is 1. The molecule has 13 rings (SSSR count). The Hall–Kier alpha value is -6.65. The van der Waals surface area contributed by atoms with Crippen LogP contribution in [0.1, 0.15) is 27.9 Å². The van der Waals surface area contributed by atoms with Crippen molar-refractivity contribution in [3.05, 3.63) is 211 Å². The largest absolute Gasteiger partial charge is 0.455 e. The maximum atomic E-state index is 6.72. The molecule has 3 heteroatoms. The quantitative estimate of drug-likeness (QED) is 0.165. The maximum absolute atomic E-state index is 6.72. The number of thioether (sulfide) groups is 1. The third-order valence-electron chi connectivity index (χ3n) is 12.7. The van der Waals surface area contributed by atoms with Crippen molar-refractivity contribution in [1.29, 1.82) is 0 Å². The molecule has 0 N–H and O–H groups in total. The van der Waals surface area contributed by atoms with E-state index in [0.29, 0.717) is 5.25 Å². The second-order valence-electron chi connectivity index (χ2n) is 15.8. The molecule has 10 aromatic carbocycles. The molecule has 0 fully saturated rings. The van der Waals surface area contributed by atoms with Gasteiger partial charge in [-0.2, -0.15) is 0 Å². The van der Waals surface area contributed by atoms with Gasteiger partial charge in [0.25, 0.3) is 0 Å². The Bertz CT molecular complexity index is 3600. The molecule has 1 aliphatic heterocycles. The molecule has 0 amide bonds. The van der Waals surface area contributed by atoms with E-state index < -0.39 is 0 Å². The van der Waals surface area contributed by atoms with E-state index in [9.17, 15) is 0 Å². The van der Waals surface area contributed by atoms with Crippen molar-refractivity contribution in [2.24, 2.45) is 0 Å². The Morgan fingerprint density at radius 3 is 1.69 bits per heavy atom. The van der Waals surface area contributed by atoms with Gasteiger partial charge in [-0.3, -0.25) is 0 Å². The standard InChI is InChI=1S/C56H34OS2/c1-3-16-34(17-4-1)50-44-31-45-48(32-49(44)59-56(50)35-18-5-2-6-19-35)58-47-28-14-26-42(54(45)47)52-39-23-11-9-21-37(39)51(38-22-10-12-24-40(38)52)41-25-13-27-46-53(41)43-30-29-33-15-7-8-20-36(33)55(43)57-46/h1-32,50,56H. The average Bonchev–Trinajstić information content (AvgIpc) is 3.99. The molecule has 0 aliphatic carbocycles. The zero-order valence-corrected chi connectivity index (χ0v) is 33.5. The van der Waals surface area contributed by atoms with Gasteiger partial charge >= 0.3 is 0 Å². The van der Waals surface area contributed by atoms with Crippen LogP contribution in [0.15, 0.2) is 203 Å². The van der Waals surface area contributed by atoms with Crippen LogP contribution in [0.4, 0.5) is 0 Å². The molecule has 0 saturated heterocycles. The normalized spacial score (nSPS) is 15.4. The lowest BCUT2D eigenvalue weighted by atomic mass is 9.83. The maximum Gasteiger partial charge on any atom is 0.143 e. The molecule has 59 heavy (non-hydrogen) atoms. The summed E-state index contributed by atoms with van der Waals surface area (Å²) in [7, 11) is 0. The summed E-state index contributed by atoms with van der Waals surface area (Å²) in [5, 5.41) is 12.6. The molecule has 2 atom stereocenters. The lowest BCUT2D eigenvalue weighted by Gasteiger charge is -2.21.